The fourth-order valence-corrected chi connectivity index (χ4v) is 2.62. The van der Waals surface area contributed by atoms with E-state index in [4.69, 9.17) is 16.3 Å². The van der Waals surface area contributed by atoms with E-state index in [0.717, 1.165) is 11.1 Å². The number of amides is 2. The number of halogens is 1. The van der Waals surface area contributed by atoms with Gasteiger partial charge in [0, 0.05) is 11.6 Å². The van der Waals surface area contributed by atoms with Gasteiger partial charge in [-0.3, -0.25) is 9.59 Å². The number of benzene rings is 2. The van der Waals surface area contributed by atoms with Gasteiger partial charge in [0.15, 0.2) is 0 Å². The van der Waals surface area contributed by atoms with E-state index in [1.807, 2.05) is 43.3 Å². The number of carbonyl (C=O) groups excluding carboxylic acids is 2. The monoisotopic (exact) mass is 388 g/mol. The summed E-state index contributed by atoms with van der Waals surface area (Å²) < 4.78 is 5.27. The van der Waals surface area contributed by atoms with Crippen LogP contribution in [0.15, 0.2) is 42.5 Å². The van der Waals surface area contributed by atoms with Gasteiger partial charge in [0.25, 0.3) is 0 Å². The maximum absolute atomic E-state index is 12.7. The number of hydrogen-bond acceptors (Lipinski definition) is 3. The smallest absolute Gasteiger partial charge is 0.239 e. The fraction of sp³-hybridized carbons (Fsp3) is 0.333. The largest absolute Gasteiger partial charge is 0.495 e. The van der Waals surface area contributed by atoms with E-state index in [0.29, 0.717) is 29.4 Å². The van der Waals surface area contributed by atoms with E-state index >= 15 is 0 Å². The molecule has 0 aliphatic rings. The Kier molecular flexibility index (Phi) is 6.86. The van der Waals surface area contributed by atoms with Crippen molar-refractivity contribution in [2.45, 2.75) is 27.2 Å². The minimum atomic E-state index is -1.23. The first-order chi connectivity index (χ1) is 12.7. The summed E-state index contributed by atoms with van der Waals surface area (Å²) in [6.45, 7) is 5.55. The van der Waals surface area contributed by atoms with Gasteiger partial charge in [-0.2, -0.15) is 0 Å². The van der Waals surface area contributed by atoms with E-state index in [9.17, 15) is 9.59 Å². The van der Waals surface area contributed by atoms with Crippen molar-refractivity contribution < 1.29 is 14.3 Å². The molecule has 2 rings (SSSR count). The molecule has 0 spiro atoms. The Morgan fingerprint density at radius 3 is 2.37 bits per heavy atom. The van der Waals surface area contributed by atoms with Crippen LogP contribution < -0.4 is 15.4 Å². The maximum Gasteiger partial charge on any atom is 0.239 e. The highest BCUT2D eigenvalue weighted by molar-refractivity contribution is 6.30. The van der Waals surface area contributed by atoms with Crippen molar-refractivity contribution >= 4 is 29.1 Å². The molecule has 5 nitrogen and oxygen atoms in total. The summed E-state index contributed by atoms with van der Waals surface area (Å²) in [4.78, 5) is 25.2. The van der Waals surface area contributed by atoms with E-state index in [1.54, 1.807) is 19.9 Å². The van der Waals surface area contributed by atoms with E-state index in [-0.39, 0.29) is 5.91 Å². The van der Waals surface area contributed by atoms with Gasteiger partial charge in [-0.1, -0.05) is 29.8 Å². The molecule has 2 aromatic carbocycles. The molecule has 0 aromatic heterocycles. The van der Waals surface area contributed by atoms with Crippen LogP contribution in [0.2, 0.25) is 5.02 Å². The fourth-order valence-electron chi connectivity index (χ4n) is 2.49. The Hall–Kier alpha value is -2.53. The van der Waals surface area contributed by atoms with Gasteiger partial charge in [-0.25, -0.2) is 0 Å². The molecule has 0 saturated heterocycles. The van der Waals surface area contributed by atoms with Crippen LogP contribution in [0.25, 0.3) is 0 Å². The molecule has 0 aliphatic carbocycles. The molecule has 2 N–H and O–H groups in total. The molecule has 6 heteroatoms. The summed E-state index contributed by atoms with van der Waals surface area (Å²) in [5.41, 5.74) is 1.36. The lowest BCUT2D eigenvalue weighted by molar-refractivity contribution is -0.138. The standard InChI is InChI=1S/C21H25ClN2O3/c1-14-5-10-18(27-4)17(13-14)24-20(26)21(2,3)19(25)23-12-11-15-6-8-16(22)9-7-15/h5-10,13H,11-12H2,1-4H3,(H,23,25)(H,24,26). The molecule has 0 heterocycles. The van der Waals surface area contributed by atoms with Crippen LogP contribution in [0.3, 0.4) is 0 Å². The van der Waals surface area contributed by atoms with Crippen molar-refractivity contribution in [1.82, 2.24) is 5.32 Å². The lowest BCUT2D eigenvalue weighted by Crippen LogP contribution is -2.45. The highest BCUT2D eigenvalue weighted by Crippen LogP contribution is 2.27. The topological polar surface area (TPSA) is 67.4 Å². The molecule has 0 unspecified atom stereocenters. The summed E-state index contributed by atoms with van der Waals surface area (Å²) >= 11 is 5.87. The van der Waals surface area contributed by atoms with Gasteiger partial charge >= 0.3 is 0 Å². The second kappa shape index (κ2) is 8.91. The first-order valence-corrected chi connectivity index (χ1v) is 9.10. The lowest BCUT2D eigenvalue weighted by Gasteiger charge is -2.23. The highest BCUT2D eigenvalue weighted by Gasteiger charge is 2.36. The Labute approximate surface area is 165 Å². The zero-order chi connectivity index (χ0) is 20.0. The summed E-state index contributed by atoms with van der Waals surface area (Å²) in [5.74, 6) is -0.177. The van der Waals surface area contributed by atoms with E-state index in [2.05, 4.69) is 10.6 Å². The quantitative estimate of drug-likeness (QED) is 0.705. The number of anilines is 1. The predicted molar refractivity (Wildman–Crippen MR) is 108 cm³/mol. The minimum Gasteiger partial charge on any atom is -0.495 e. The van der Waals surface area contributed by atoms with Crippen LogP contribution in [-0.2, 0) is 16.0 Å². The van der Waals surface area contributed by atoms with Crippen molar-refractivity contribution in [1.29, 1.82) is 0 Å². The summed E-state index contributed by atoms with van der Waals surface area (Å²) in [5, 5.41) is 6.30. The molecule has 0 saturated carbocycles. The van der Waals surface area contributed by atoms with Gasteiger partial charge in [-0.15, -0.1) is 0 Å². The van der Waals surface area contributed by atoms with Crippen molar-refractivity contribution in [2.24, 2.45) is 5.41 Å². The molecular formula is C21H25ClN2O3. The van der Waals surface area contributed by atoms with E-state index < -0.39 is 11.3 Å². The van der Waals surface area contributed by atoms with Gasteiger partial charge in [0.05, 0.1) is 12.8 Å². The first-order valence-electron chi connectivity index (χ1n) is 8.73. The van der Waals surface area contributed by atoms with Crippen LogP contribution in [0.4, 0.5) is 5.69 Å². The molecule has 27 heavy (non-hydrogen) atoms. The maximum atomic E-state index is 12.7. The van der Waals surface area contributed by atoms with Crippen molar-refractivity contribution in [3.05, 3.63) is 58.6 Å². The van der Waals surface area contributed by atoms with Gasteiger partial charge < -0.3 is 15.4 Å². The first kappa shape index (κ1) is 20.8. The third kappa shape index (κ3) is 5.47. The Bertz CT molecular complexity index is 817. The van der Waals surface area contributed by atoms with Gasteiger partial charge in [0.1, 0.15) is 11.2 Å². The second-order valence-corrected chi connectivity index (χ2v) is 7.35. The lowest BCUT2D eigenvalue weighted by atomic mass is 9.90. The molecule has 0 aliphatic heterocycles. The van der Waals surface area contributed by atoms with Gasteiger partial charge in [-0.05, 0) is 62.6 Å². The van der Waals surface area contributed by atoms with Crippen LogP contribution in [0.5, 0.6) is 5.75 Å². The third-order valence-corrected chi connectivity index (χ3v) is 4.60. The Morgan fingerprint density at radius 1 is 1.07 bits per heavy atom. The molecule has 2 aromatic rings. The van der Waals surface area contributed by atoms with Crippen molar-refractivity contribution in [3.8, 4) is 5.75 Å². The number of aryl methyl sites for hydroxylation is 1. The Morgan fingerprint density at radius 2 is 1.74 bits per heavy atom. The molecule has 0 fully saturated rings. The average molecular weight is 389 g/mol. The zero-order valence-electron chi connectivity index (χ0n) is 16.1. The number of ether oxygens (including phenoxy) is 1. The van der Waals surface area contributed by atoms with Crippen LogP contribution in [-0.4, -0.2) is 25.5 Å². The molecular weight excluding hydrogens is 364 g/mol. The van der Waals surface area contributed by atoms with Crippen molar-refractivity contribution in [3.63, 3.8) is 0 Å². The van der Waals surface area contributed by atoms with Crippen molar-refractivity contribution in [2.75, 3.05) is 19.0 Å². The summed E-state index contributed by atoms with van der Waals surface area (Å²) in [6.07, 6.45) is 0.659. The summed E-state index contributed by atoms with van der Waals surface area (Å²) in [7, 11) is 1.54. The summed E-state index contributed by atoms with van der Waals surface area (Å²) in [6, 6.07) is 12.9. The highest BCUT2D eigenvalue weighted by atomic mass is 35.5. The average Bonchev–Trinajstić information content (AvgIpc) is 2.63. The normalized spacial score (nSPS) is 11.0. The number of nitrogens with one attached hydrogen (secondary N) is 2. The number of rotatable bonds is 7. The second-order valence-electron chi connectivity index (χ2n) is 6.92. The number of methoxy groups -OCH3 is 1. The van der Waals surface area contributed by atoms with Gasteiger partial charge in [0.2, 0.25) is 11.8 Å². The SMILES string of the molecule is COc1ccc(C)cc1NC(=O)C(C)(C)C(=O)NCCc1ccc(Cl)cc1. The Balaban J connectivity index is 1.97. The molecule has 144 valence electrons. The van der Waals surface area contributed by atoms with Crippen LogP contribution in [0.1, 0.15) is 25.0 Å². The molecule has 0 radical (unpaired) electrons. The molecule has 2 amide bonds. The van der Waals surface area contributed by atoms with E-state index in [1.165, 1.54) is 7.11 Å². The minimum absolute atomic E-state index is 0.333. The van der Waals surface area contributed by atoms with Crippen LogP contribution >= 0.6 is 11.6 Å². The number of carbonyl (C=O) groups is 2. The predicted octanol–water partition coefficient (Wildman–Crippen LogP) is 3.98. The number of hydrogen-bond donors (Lipinski definition) is 2. The third-order valence-electron chi connectivity index (χ3n) is 4.35. The zero-order valence-corrected chi connectivity index (χ0v) is 16.8. The molecule has 0 bridgehead atoms. The molecule has 0 atom stereocenters. The van der Waals surface area contributed by atoms with Crippen LogP contribution in [0, 0.1) is 12.3 Å².